The lowest BCUT2D eigenvalue weighted by molar-refractivity contribution is 0.396. The van der Waals surface area contributed by atoms with Crippen molar-refractivity contribution in [2.75, 3.05) is 14.2 Å². The molecule has 0 aliphatic heterocycles. The molecule has 0 spiro atoms. The second-order valence-electron chi connectivity index (χ2n) is 5.83. The van der Waals surface area contributed by atoms with E-state index in [0.717, 1.165) is 48.8 Å². The fourth-order valence-electron chi connectivity index (χ4n) is 3.50. The Morgan fingerprint density at radius 2 is 1.78 bits per heavy atom. The van der Waals surface area contributed by atoms with Gasteiger partial charge in [-0.05, 0) is 25.3 Å². The number of ether oxygens (including phenoxy) is 2. The molecule has 0 radical (unpaired) electrons. The highest BCUT2D eigenvalue weighted by Gasteiger charge is 2.26. The summed E-state index contributed by atoms with van der Waals surface area (Å²) < 4.78 is 22.7. The van der Waals surface area contributed by atoms with E-state index in [9.17, 15) is 4.79 Å². The van der Waals surface area contributed by atoms with Crippen LogP contribution < -0.4 is 14.9 Å². The lowest BCUT2D eigenvalue weighted by Gasteiger charge is -2.13. The molecule has 0 unspecified atom stereocenters. The SMILES string of the molecule is COc1c2occc2c(OC)c2c(=O)c3c(oc12)CCCCC3. The van der Waals surface area contributed by atoms with Crippen molar-refractivity contribution in [3.63, 3.8) is 0 Å². The summed E-state index contributed by atoms with van der Waals surface area (Å²) >= 11 is 0. The molecule has 0 atom stereocenters. The van der Waals surface area contributed by atoms with E-state index in [4.69, 9.17) is 18.3 Å². The van der Waals surface area contributed by atoms with Gasteiger partial charge in [-0.25, -0.2) is 0 Å². The third kappa shape index (κ3) is 1.96. The molecular formula is C18H18O5. The first kappa shape index (κ1) is 14.2. The molecule has 5 nitrogen and oxygen atoms in total. The van der Waals surface area contributed by atoms with Gasteiger partial charge in [0.05, 0.1) is 25.9 Å². The maximum absolute atomic E-state index is 13.1. The summed E-state index contributed by atoms with van der Waals surface area (Å²) in [4.78, 5) is 13.1. The monoisotopic (exact) mass is 314 g/mol. The zero-order valence-electron chi connectivity index (χ0n) is 13.2. The number of fused-ring (bicyclic) bond motifs is 3. The van der Waals surface area contributed by atoms with Crippen molar-refractivity contribution in [2.45, 2.75) is 32.1 Å². The fraction of sp³-hybridized carbons (Fsp3) is 0.389. The molecular weight excluding hydrogens is 296 g/mol. The van der Waals surface area contributed by atoms with E-state index < -0.39 is 0 Å². The van der Waals surface area contributed by atoms with Crippen LogP contribution in [0.3, 0.4) is 0 Å². The van der Waals surface area contributed by atoms with Gasteiger partial charge in [-0.3, -0.25) is 4.79 Å². The van der Waals surface area contributed by atoms with Gasteiger partial charge in [0.1, 0.15) is 16.9 Å². The highest BCUT2D eigenvalue weighted by atomic mass is 16.5. The normalized spacial score (nSPS) is 14.7. The van der Waals surface area contributed by atoms with E-state index >= 15 is 0 Å². The molecule has 2 aromatic heterocycles. The molecule has 1 aliphatic carbocycles. The molecule has 120 valence electrons. The number of hydrogen-bond acceptors (Lipinski definition) is 5. The van der Waals surface area contributed by atoms with E-state index in [2.05, 4.69) is 0 Å². The Labute approximate surface area is 132 Å². The maximum atomic E-state index is 13.1. The van der Waals surface area contributed by atoms with Gasteiger partial charge in [0.15, 0.2) is 16.6 Å². The van der Waals surface area contributed by atoms with Crippen LogP contribution in [0.25, 0.3) is 21.9 Å². The van der Waals surface area contributed by atoms with Crippen LogP contribution >= 0.6 is 0 Å². The van der Waals surface area contributed by atoms with Crippen molar-refractivity contribution < 1.29 is 18.3 Å². The fourth-order valence-corrected chi connectivity index (χ4v) is 3.50. The molecule has 0 bridgehead atoms. The topological polar surface area (TPSA) is 61.8 Å². The Balaban J connectivity index is 2.22. The Bertz CT molecular complexity index is 948. The minimum atomic E-state index is -0.0126. The molecule has 0 fully saturated rings. The highest BCUT2D eigenvalue weighted by molar-refractivity contribution is 6.06. The van der Waals surface area contributed by atoms with Crippen molar-refractivity contribution in [2.24, 2.45) is 0 Å². The number of rotatable bonds is 2. The molecule has 4 rings (SSSR count). The summed E-state index contributed by atoms with van der Waals surface area (Å²) in [6, 6.07) is 1.78. The predicted octanol–water partition coefficient (Wildman–Crippen LogP) is 3.83. The van der Waals surface area contributed by atoms with Gasteiger partial charge >= 0.3 is 0 Å². The van der Waals surface area contributed by atoms with Gasteiger partial charge in [-0.15, -0.1) is 0 Å². The molecule has 5 heteroatoms. The maximum Gasteiger partial charge on any atom is 0.206 e. The zero-order chi connectivity index (χ0) is 16.0. The lowest BCUT2D eigenvalue weighted by Crippen LogP contribution is -2.13. The van der Waals surface area contributed by atoms with Crippen LogP contribution in [-0.2, 0) is 12.8 Å². The molecule has 23 heavy (non-hydrogen) atoms. The summed E-state index contributed by atoms with van der Waals surface area (Å²) in [6.45, 7) is 0. The van der Waals surface area contributed by atoms with E-state index in [0.29, 0.717) is 28.1 Å². The molecule has 0 saturated carbocycles. The first-order valence-corrected chi connectivity index (χ1v) is 7.86. The van der Waals surface area contributed by atoms with Gasteiger partial charge in [-0.1, -0.05) is 6.42 Å². The van der Waals surface area contributed by atoms with Crippen LogP contribution in [0.15, 0.2) is 26.0 Å². The predicted molar refractivity (Wildman–Crippen MR) is 86.6 cm³/mol. The smallest absolute Gasteiger partial charge is 0.206 e. The van der Waals surface area contributed by atoms with Crippen molar-refractivity contribution in [3.8, 4) is 11.5 Å². The molecule has 0 amide bonds. The van der Waals surface area contributed by atoms with Crippen molar-refractivity contribution >= 4 is 21.9 Å². The first-order chi connectivity index (χ1) is 11.3. The standard InChI is InChI=1S/C18H18O5/c1-20-15-11-8-9-22-16(11)18(21-2)17-13(15)14(19)10-6-4-3-5-7-12(10)23-17/h8-9H,3-7H2,1-2H3. The number of benzene rings is 1. The first-order valence-electron chi connectivity index (χ1n) is 7.86. The van der Waals surface area contributed by atoms with Crippen molar-refractivity contribution in [1.29, 1.82) is 0 Å². The van der Waals surface area contributed by atoms with Gasteiger partial charge in [0, 0.05) is 12.0 Å². The van der Waals surface area contributed by atoms with Gasteiger partial charge in [0.25, 0.3) is 0 Å². The number of methoxy groups -OCH3 is 2. The van der Waals surface area contributed by atoms with E-state index in [1.165, 1.54) is 0 Å². The van der Waals surface area contributed by atoms with Crippen molar-refractivity contribution in [3.05, 3.63) is 33.9 Å². The molecule has 0 N–H and O–H groups in total. The zero-order valence-corrected chi connectivity index (χ0v) is 13.2. The molecule has 0 saturated heterocycles. The highest BCUT2D eigenvalue weighted by Crippen LogP contribution is 2.42. The summed E-state index contributed by atoms with van der Waals surface area (Å²) in [7, 11) is 3.10. The second kappa shape index (κ2) is 5.33. The van der Waals surface area contributed by atoms with Crippen LogP contribution in [0.5, 0.6) is 11.5 Å². The van der Waals surface area contributed by atoms with Gasteiger partial charge in [-0.2, -0.15) is 0 Å². The summed E-state index contributed by atoms with van der Waals surface area (Å²) in [5.41, 5.74) is 1.71. The van der Waals surface area contributed by atoms with Crippen LogP contribution in [-0.4, -0.2) is 14.2 Å². The Morgan fingerprint density at radius 3 is 2.57 bits per heavy atom. The van der Waals surface area contributed by atoms with Crippen LogP contribution in [0.4, 0.5) is 0 Å². The third-order valence-corrected chi connectivity index (χ3v) is 4.58. The Hall–Kier alpha value is -2.43. The average Bonchev–Trinajstić information content (AvgIpc) is 2.91. The minimum absolute atomic E-state index is 0.0126. The van der Waals surface area contributed by atoms with E-state index in [-0.39, 0.29) is 5.43 Å². The van der Waals surface area contributed by atoms with Crippen molar-refractivity contribution in [1.82, 2.24) is 0 Å². The molecule has 1 aromatic carbocycles. The molecule has 1 aliphatic rings. The minimum Gasteiger partial charge on any atom is -0.495 e. The van der Waals surface area contributed by atoms with Crippen LogP contribution in [0.1, 0.15) is 30.6 Å². The van der Waals surface area contributed by atoms with Gasteiger partial charge in [0.2, 0.25) is 5.75 Å². The largest absolute Gasteiger partial charge is 0.495 e. The number of hydrogen-bond donors (Lipinski definition) is 0. The summed E-state index contributed by atoms with van der Waals surface area (Å²) in [5.74, 6) is 1.71. The van der Waals surface area contributed by atoms with E-state index in [1.807, 2.05) is 0 Å². The quantitative estimate of drug-likeness (QED) is 0.673. The number of furan rings is 1. The molecule has 2 heterocycles. The Kier molecular flexibility index (Phi) is 3.29. The molecule has 3 aromatic rings. The lowest BCUT2D eigenvalue weighted by atomic mass is 10.0. The summed E-state index contributed by atoms with van der Waals surface area (Å²) in [6.07, 6.45) is 6.24. The Morgan fingerprint density at radius 1 is 1.00 bits per heavy atom. The van der Waals surface area contributed by atoms with Gasteiger partial charge < -0.3 is 18.3 Å². The van der Waals surface area contributed by atoms with E-state index in [1.54, 1.807) is 26.5 Å². The number of aryl methyl sites for hydroxylation is 1. The van der Waals surface area contributed by atoms with Crippen LogP contribution in [0.2, 0.25) is 0 Å². The van der Waals surface area contributed by atoms with Crippen LogP contribution in [0, 0.1) is 0 Å². The summed E-state index contributed by atoms with van der Waals surface area (Å²) in [5, 5.41) is 1.16. The average molecular weight is 314 g/mol. The third-order valence-electron chi connectivity index (χ3n) is 4.58. The second-order valence-corrected chi connectivity index (χ2v) is 5.83.